The maximum Gasteiger partial charge on any atom is 0.310 e. The first-order valence-electron chi connectivity index (χ1n) is 22.6. The lowest BCUT2D eigenvalue weighted by Gasteiger charge is -2.70. The summed E-state index contributed by atoms with van der Waals surface area (Å²) < 4.78 is 36.0. The van der Waals surface area contributed by atoms with Gasteiger partial charge in [-0.05, 0) is 116 Å². The van der Waals surface area contributed by atoms with Crippen LogP contribution in [0.1, 0.15) is 113 Å². The fourth-order valence-corrected chi connectivity index (χ4v) is 14.1. The molecule has 0 amide bonds. The number of aliphatic carboxylic acids is 1. The van der Waals surface area contributed by atoms with E-state index in [1.807, 2.05) is 0 Å². The van der Waals surface area contributed by atoms with E-state index in [9.17, 15) is 45.6 Å². The molecule has 0 bridgehead atoms. The number of carboxylic acid groups (broad SMARTS) is 1. The third-order valence-corrected chi connectivity index (χ3v) is 18.1. The Kier molecular flexibility index (Phi) is 12.1. The van der Waals surface area contributed by atoms with Gasteiger partial charge in [0, 0.05) is 0 Å². The van der Waals surface area contributed by atoms with E-state index in [1.165, 1.54) is 12.5 Å². The van der Waals surface area contributed by atoms with Gasteiger partial charge in [0.2, 0.25) is 0 Å². The van der Waals surface area contributed by atoms with Crippen LogP contribution in [0.3, 0.4) is 0 Å². The zero-order valence-corrected chi connectivity index (χ0v) is 36.4. The van der Waals surface area contributed by atoms with Crippen molar-refractivity contribution in [3.63, 3.8) is 0 Å². The molecule has 15 nitrogen and oxygen atoms in total. The highest BCUT2D eigenvalue weighted by Crippen LogP contribution is 2.75. The topological polar surface area (TPSA) is 234 Å². The van der Waals surface area contributed by atoms with E-state index in [2.05, 4.69) is 47.6 Å². The Balaban J connectivity index is 0.981. The molecule has 0 spiro atoms. The van der Waals surface area contributed by atoms with Gasteiger partial charge in [-0.3, -0.25) is 4.79 Å². The molecule has 0 radical (unpaired) electrons. The van der Waals surface area contributed by atoms with Crippen molar-refractivity contribution >= 4 is 5.97 Å². The molecule has 8 rings (SSSR count). The summed E-state index contributed by atoms with van der Waals surface area (Å²) in [5.74, 6) is 0.256. The number of hydrogen-bond acceptors (Lipinski definition) is 14. The van der Waals surface area contributed by atoms with Crippen molar-refractivity contribution in [2.75, 3.05) is 13.2 Å². The standard InChI is InChI=1S/C45H72O15/c1-21-23-10-13-44(7)29(9-8-24-25-18-41(3,4)14-16-45(25,40(53)54)17-15-43(24,44)6)42(23,5)12-11-28(21)58-39-36(32(50)27(47)20-56-39)60-38-34(52)35(30(48)22(2)57-38)59-37-33(51)31(49)26(46)19-55-37/h8,21-23,25-39,46-52H,9-20H2,1-7H3,(H,53,54)/t21?,22-,23?,25?,26+,27-,28?,29?,30-,31+,32-,33+,34+,35+,36+,37-,38-,39-,42-,43+,44+,45-/m0/s1. The van der Waals surface area contributed by atoms with Crippen LogP contribution in [-0.2, 0) is 33.2 Å². The third kappa shape index (κ3) is 7.07. The maximum absolute atomic E-state index is 13.1. The van der Waals surface area contributed by atoms with E-state index in [1.54, 1.807) is 0 Å². The van der Waals surface area contributed by atoms with Gasteiger partial charge in [0.15, 0.2) is 18.9 Å². The summed E-state index contributed by atoms with van der Waals surface area (Å²) in [6, 6.07) is 0. The molecule has 8 aliphatic rings. The van der Waals surface area contributed by atoms with Crippen molar-refractivity contribution in [2.24, 2.45) is 50.7 Å². The normalized spacial score (nSPS) is 55.3. The predicted molar refractivity (Wildman–Crippen MR) is 213 cm³/mol. The van der Waals surface area contributed by atoms with Crippen molar-refractivity contribution in [2.45, 2.75) is 199 Å². The minimum absolute atomic E-state index is 0.000687. The van der Waals surface area contributed by atoms with Gasteiger partial charge >= 0.3 is 5.97 Å². The first-order chi connectivity index (χ1) is 28.1. The van der Waals surface area contributed by atoms with Crippen molar-refractivity contribution in [3.8, 4) is 0 Å². The molecular formula is C45H72O15. The Hall–Kier alpha value is -1.31. The van der Waals surface area contributed by atoms with Gasteiger partial charge in [0.05, 0.1) is 30.8 Å². The van der Waals surface area contributed by atoms with Gasteiger partial charge in [-0.15, -0.1) is 0 Å². The van der Waals surface area contributed by atoms with E-state index < -0.39 is 91.3 Å². The maximum atomic E-state index is 13.1. The molecule has 22 atom stereocenters. The fraction of sp³-hybridized carbons (Fsp3) is 0.933. The zero-order valence-electron chi connectivity index (χ0n) is 36.4. The molecule has 7 fully saturated rings. The number of carboxylic acids is 1. The molecule has 3 saturated heterocycles. The smallest absolute Gasteiger partial charge is 0.310 e. The van der Waals surface area contributed by atoms with Crippen molar-refractivity contribution in [1.82, 2.24) is 0 Å². The summed E-state index contributed by atoms with van der Waals surface area (Å²) in [6.45, 7) is 15.2. The summed E-state index contributed by atoms with van der Waals surface area (Å²) in [4.78, 5) is 13.1. The molecular weight excluding hydrogens is 780 g/mol. The second-order valence-electron chi connectivity index (χ2n) is 21.7. The van der Waals surface area contributed by atoms with Crippen LogP contribution in [0.5, 0.6) is 0 Å². The van der Waals surface area contributed by atoms with Gasteiger partial charge in [-0.2, -0.15) is 0 Å². The van der Waals surface area contributed by atoms with Gasteiger partial charge in [0.25, 0.3) is 0 Å². The molecule has 60 heavy (non-hydrogen) atoms. The van der Waals surface area contributed by atoms with Gasteiger partial charge in [-0.25, -0.2) is 0 Å². The minimum atomic E-state index is -1.69. The van der Waals surface area contributed by atoms with Crippen LogP contribution in [0.4, 0.5) is 0 Å². The molecule has 8 N–H and O–H groups in total. The lowest BCUT2D eigenvalue weighted by atomic mass is 9.34. The SMILES string of the molecule is CC1C(O[C@@H]2OC[C@H](O)[C@H](O)[C@H]2O[C@@H]2O[C@@H](C)[C@H](O)[C@@H](O[C@@H]3OC[C@@H](O)[C@@H](O)[C@H]3O)[C@H]2O)CC[C@@]2(C)C1CC[C@]1(C)C2CC=C2C3CC(C)(C)CC[C@]3(C(=O)O)CC[C@]21C. The fourth-order valence-electron chi connectivity index (χ4n) is 14.1. The van der Waals surface area contributed by atoms with Crippen molar-refractivity contribution in [1.29, 1.82) is 0 Å². The molecule has 3 heterocycles. The van der Waals surface area contributed by atoms with Crippen LogP contribution < -0.4 is 0 Å². The van der Waals surface area contributed by atoms with E-state index >= 15 is 0 Å². The Labute approximate surface area is 353 Å². The summed E-state index contributed by atoms with van der Waals surface area (Å²) >= 11 is 0. The summed E-state index contributed by atoms with van der Waals surface area (Å²) in [5.41, 5.74) is 0.739. The Morgan fingerprint density at radius 3 is 2.05 bits per heavy atom. The minimum Gasteiger partial charge on any atom is -0.481 e. The largest absolute Gasteiger partial charge is 0.481 e. The number of hydrogen-bond donors (Lipinski definition) is 8. The lowest BCUT2D eigenvalue weighted by molar-refractivity contribution is -0.376. The summed E-state index contributed by atoms with van der Waals surface area (Å²) in [7, 11) is 0. The third-order valence-electron chi connectivity index (χ3n) is 18.1. The van der Waals surface area contributed by atoms with Crippen LogP contribution >= 0.6 is 0 Å². The summed E-state index contributed by atoms with van der Waals surface area (Å²) in [5, 5.41) is 85.7. The number of allylic oxidation sites excluding steroid dienone is 2. The first-order valence-corrected chi connectivity index (χ1v) is 22.6. The first kappa shape index (κ1) is 45.3. The molecule has 0 aromatic carbocycles. The van der Waals surface area contributed by atoms with E-state index in [4.69, 9.17) is 28.4 Å². The van der Waals surface area contributed by atoms with Crippen molar-refractivity contribution < 1.29 is 74.1 Å². The number of aliphatic hydroxyl groups excluding tert-OH is 7. The van der Waals surface area contributed by atoms with E-state index in [0.717, 1.165) is 64.2 Å². The number of rotatable bonds is 7. The van der Waals surface area contributed by atoms with Gasteiger partial charge in [-0.1, -0.05) is 53.2 Å². The second-order valence-corrected chi connectivity index (χ2v) is 21.7. The molecule has 3 aliphatic heterocycles. The van der Waals surface area contributed by atoms with Crippen LogP contribution in [0.15, 0.2) is 11.6 Å². The Morgan fingerprint density at radius 1 is 0.700 bits per heavy atom. The van der Waals surface area contributed by atoms with Gasteiger partial charge < -0.3 is 69.3 Å². The number of fused-ring (bicyclic) bond motifs is 7. The molecule has 0 aromatic rings. The van der Waals surface area contributed by atoms with Crippen LogP contribution in [0.25, 0.3) is 0 Å². The Morgan fingerprint density at radius 2 is 1.35 bits per heavy atom. The quantitative estimate of drug-likeness (QED) is 0.136. The molecule has 5 aliphatic carbocycles. The van der Waals surface area contributed by atoms with Crippen LogP contribution in [0.2, 0.25) is 0 Å². The van der Waals surface area contributed by atoms with Crippen LogP contribution in [0, 0.1) is 50.7 Å². The van der Waals surface area contributed by atoms with Gasteiger partial charge in [0.1, 0.15) is 54.9 Å². The lowest BCUT2D eigenvalue weighted by Crippen LogP contribution is -2.65. The highest BCUT2D eigenvalue weighted by molar-refractivity contribution is 5.76. The van der Waals surface area contributed by atoms with Crippen molar-refractivity contribution in [3.05, 3.63) is 11.6 Å². The number of ether oxygens (including phenoxy) is 6. The second kappa shape index (κ2) is 16.0. The molecule has 4 saturated carbocycles. The van der Waals surface area contributed by atoms with Crippen LogP contribution in [-0.4, -0.2) is 146 Å². The summed E-state index contributed by atoms with van der Waals surface area (Å²) in [6.07, 6.45) is -7.32. The molecule has 15 heteroatoms. The number of aliphatic hydroxyl groups is 7. The molecule has 342 valence electrons. The number of carbonyl (C=O) groups is 1. The molecule has 0 aromatic heterocycles. The predicted octanol–water partition coefficient (Wildman–Crippen LogP) is 2.62. The monoisotopic (exact) mass is 852 g/mol. The van der Waals surface area contributed by atoms with E-state index in [-0.39, 0.29) is 52.8 Å². The average molecular weight is 853 g/mol. The average Bonchev–Trinajstić information content (AvgIpc) is 3.19. The highest BCUT2D eigenvalue weighted by Gasteiger charge is 2.68. The molecule has 5 unspecified atom stereocenters. The highest BCUT2D eigenvalue weighted by atomic mass is 16.8. The zero-order chi connectivity index (χ0) is 43.5. The van der Waals surface area contributed by atoms with E-state index in [0.29, 0.717) is 11.8 Å². The Bertz CT molecular complexity index is 1630.